The number of ketones is 2. The Hall–Kier alpha value is -6.67. The van der Waals surface area contributed by atoms with E-state index in [1.807, 2.05) is 0 Å². The summed E-state index contributed by atoms with van der Waals surface area (Å²) in [6.07, 6.45) is 2.29. The molecule has 0 saturated carbocycles. The van der Waals surface area contributed by atoms with Gasteiger partial charge in [0, 0.05) is 43.8 Å². The monoisotopic (exact) mass is 965 g/mol. The lowest BCUT2D eigenvalue weighted by atomic mass is 10.1. The van der Waals surface area contributed by atoms with Gasteiger partial charge in [0.05, 0.1) is 34.0 Å². The number of carbonyl (C=O) groups is 4. The van der Waals surface area contributed by atoms with Gasteiger partial charge in [-0.2, -0.15) is 0 Å². The number of nitrogens with zero attached hydrogens (tertiary/aromatic N) is 5. The topological polar surface area (TPSA) is 322 Å². The van der Waals surface area contributed by atoms with E-state index in [1.54, 1.807) is 76.2 Å². The minimum Gasteiger partial charge on any atom is -0.470 e. The molecule has 6 aromatic rings. The van der Waals surface area contributed by atoms with E-state index in [0.29, 0.717) is 53.7 Å². The van der Waals surface area contributed by atoms with Crippen molar-refractivity contribution in [2.45, 2.75) is 66.6 Å². The van der Waals surface area contributed by atoms with E-state index >= 15 is 0 Å². The second-order valence-corrected chi connectivity index (χ2v) is 17.5. The number of amides is 2. The maximum atomic E-state index is 12.9. The van der Waals surface area contributed by atoms with Gasteiger partial charge in [-0.3, -0.25) is 43.7 Å². The number of phosphoric acid groups is 2. The van der Waals surface area contributed by atoms with Gasteiger partial charge in [-0.15, -0.1) is 0 Å². The molecule has 356 valence electrons. The number of carbonyl (C=O) groups excluding carboxylic acids is 4. The van der Waals surface area contributed by atoms with Gasteiger partial charge < -0.3 is 33.6 Å². The zero-order valence-corrected chi connectivity index (χ0v) is 38.5. The first-order chi connectivity index (χ1) is 31.7. The Bertz CT molecular complexity index is 2780. The lowest BCUT2D eigenvalue weighted by Gasteiger charge is -2.11. The van der Waals surface area contributed by atoms with Crippen molar-refractivity contribution in [2.24, 2.45) is 11.8 Å². The summed E-state index contributed by atoms with van der Waals surface area (Å²) in [5, 5.41) is 5.53. The first-order valence-electron chi connectivity index (χ1n) is 20.7. The summed E-state index contributed by atoms with van der Waals surface area (Å²) in [6.45, 7) is 7.64. The zero-order valence-electron chi connectivity index (χ0n) is 36.7. The van der Waals surface area contributed by atoms with Crippen molar-refractivity contribution in [1.29, 1.82) is 0 Å². The van der Waals surface area contributed by atoms with Crippen LogP contribution in [0.25, 0.3) is 22.1 Å². The molecule has 22 nitrogen and oxygen atoms in total. The normalized spacial score (nSPS) is 11.5. The van der Waals surface area contributed by atoms with Crippen LogP contribution in [0.4, 0.5) is 0 Å². The number of hydrogen-bond donors (Lipinski definition) is 6. The fourth-order valence-electron chi connectivity index (χ4n) is 5.67. The molecule has 67 heavy (non-hydrogen) atoms. The predicted molar refractivity (Wildman–Crippen MR) is 239 cm³/mol. The van der Waals surface area contributed by atoms with Crippen LogP contribution in [0.1, 0.15) is 85.8 Å². The number of phosphoric ester groups is 2. The van der Waals surface area contributed by atoms with Crippen LogP contribution in [0.15, 0.2) is 83.4 Å². The third kappa shape index (κ3) is 16.6. The molecular weight excluding hydrogens is 916 g/mol. The zero-order chi connectivity index (χ0) is 48.7. The van der Waals surface area contributed by atoms with Crippen molar-refractivity contribution in [1.82, 2.24) is 35.6 Å². The number of rotatable bonds is 22. The number of benzene rings is 2. The Morgan fingerprint density at radius 1 is 0.612 bits per heavy atom. The fourth-order valence-corrected chi connectivity index (χ4v) is 6.39. The van der Waals surface area contributed by atoms with Crippen molar-refractivity contribution in [3.05, 3.63) is 102 Å². The highest BCUT2D eigenvalue weighted by molar-refractivity contribution is 7.47. The van der Waals surface area contributed by atoms with E-state index in [2.05, 4.69) is 44.6 Å². The average Bonchev–Trinajstić information content (AvgIpc) is 3.72. The summed E-state index contributed by atoms with van der Waals surface area (Å²) in [6, 6.07) is 19.5. The number of aromatic nitrogens is 5. The Balaban J connectivity index is 0.000000251. The van der Waals surface area contributed by atoms with Gasteiger partial charge in [-0.05, 0) is 55.3 Å². The molecule has 0 radical (unpaired) electrons. The second-order valence-electron chi connectivity index (χ2n) is 15.1. The highest BCUT2D eigenvalue weighted by Crippen LogP contribution is 2.39. The predicted octanol–water partition coefficient (Wildman–Crippen LogP) is 5.82. The van der Waals surface area contributed by atoms with Crippen LogP contribution in [0.3, 0.4) is 0 Å². The lowest BCUT2D eigenvalue weighted by molar-refractivity contribution is -0.124. The van der Waals surface area contributed by atoms with Crippen molar-refractivity contribution in [3.8, 4) is 23.5 Å². The quantitative estimate of drug-likeness (QED) is 0.0265. The second kappa shape index (κ2) is 23.7. The molecule has 0 aliphatic rings. The van der Waals surface area contributed by atoms with E-state index in [4.69, 9.17) is 33.5 Å². The average molecular weight is 966 g/mol. The van der Waals surface area contributed by atoms with Gasteiger partial charge in [0.25, 0.3) is 5.95 Å². The van der Waals surface area contributed by atoms with Crippen LogP contribution in [0.5, 0.6) is 23.5 Å². The maximum absolute atomic E-state index is 12.9. The molecule has 0 unspecified atom stereocenters. The Morgan fingerprint density at radius 3 is 1.51 bits per heavy atom. The lowest BCUT2D eigenvalue weighted by Crippen LogP contribution is -2.28. The molecule has 6 rings (SSSR count). The largest absolute Gasteiger partial charge is 0.527 e. The minimum absolute atomic E-state index is 0.00114. The first-order valence-corrected chi connectivity index (χ1v) is 23.8. The summed E-state index contributed by atoms with van der Waals surface area (Å²) >= 11 is 0. The van der Waals surface area contributed by atoms with Crippen LogP contribution in [-0.2, 0) is 31.9 Å². The van der Waals surface area contributed by atoms with Crippen LogP contribution < -0.4 is 29.2 Å². The highest BCUT2D eigenvalue weighted by Gasteiger charge is 2.22. The van der Waals surface area contributed by atoms with Gasteiger partial charge in [0.2, 0.25) is 23.6 Å². The molecule has 2 amide bonds. The van der Waals surface area contributed by atoms with Gasteiger partial charge in [0.1, 0.15) is 24.7 Å². The first kappa shape index (κ1) is 51.3. The van der Waals surface area contributed by atoms with Crippen LogP contribution in [0, 0.1) is 11.8 Å². The Morgan fingerprint density at radius 2 is 1.07 bits per heavy atom. The molecule has 4 heterocycles. The number of para-hydroxylation sites is 4. The van der Waals surface area contributed by atoms with Gasteiger partial charge in [-0.1, -0.05) is 52.0 Å². The molecule has 6 N–H and O–H groups in total. The molecule has 0 atom stereocenters. The summed E-state index contributed by atoms with van der Waals surface area (Å²) in [5.74, 6) is -1.22. The molecule has 0 aliphatic heterocycles. The molecule has 0 spiro atoms. The van der Waals surface area contributed by atoms with Crippen LogP contribution >= 0.6 is 15.6 Å². The number of ether oxygens (including phenoxy) is 2. The molecule has 0 saturated heterocycles. The standard InChI is InChI=1S/C22H25N4O7P.C21H24N3O8P/c1-14(2)21(28)23-11-5-8-19(27)20-22(26-18-7-4-3-6-17(18)25-20)32-13-15-9-10-16(12-24-15)33-34(29,30)31;1-13(2)20(26)22-11-5-8-17(25)19-21(24-16-7-4-3-6-15(16)23-19)30-12-14-9-10-18(31-14)32-33(27,28)29/h3-4,6-7,9-10,12,14H,5,8,11,13H2,1-2H3,(H,23,28)(H2,29,30,31);3-4,6-7,9-10,13H,5,8,11-12H2,1-2H3,(H,22,26)(H2,27,28,29). The van der Waals surface area contributed by atoms with Crippen molar-refractivity contribution in [2.75, 3.05) is 13.1 Å². The van der Waals surface area contributed by atoms with E-state index in [1.165, 1.54) is 24.3 Å². The van der Waals surface area contributed by atoms with E-state index in [0.717, 1.165) is 6.20 Å². The molecule has 24 heteroatoms. The minimum atomic E-state index is -4.75. The van der Waals surface area contributed by atoms with E-state index in [-0.39, 0.29) is 102 Å². The molecule has 0 bridgehead atoms. The third-order valence-electron chi connectivity index (χ3n) is 8.99. The van der Waals surface area contributed by atoms with E-state index < -0.39 is 15.6 Å². The summed E-state index contributed by atoms with van der Waals surface area (Å²) in [4.78, 5) is 106. The number of furan rings is 1. The van der Waals surface area contributed by atoms with Crippen LogP contribution in [-0.4, -0.2) is 81.0 Å². The molecule has 2 aromatic carbocycles. The molecular formula is C43H49N7O15P2. The Kier molecular flexibility index (Phi) is 18.1. The molecule has 4 aromatic heterocycles. The van der Waals surface area contributed by atoms with E-state index in [9.17, 15) is 28.3 Å². The maximum Gasteiger partial charge on any atom is 0.527 e. The van der Waals surface area contributed by atoms with Crippen molar-refractivity contribution >= 4 is 61.1 Å². The van der Waals surface area contributed by atoms with Crippen LogP contribution in [0.2, 0.25) is 0 Å². The fraction of sp³-hybridized carbons (Fsp3) is 0.326. The number of pyridine rings is 1. The molecule has 0 aliphatic carbocycles. The SMILES string of the molecule is CC(C)C(=O)NCCCC(=O)c1nc2ccccc2nc1OCc1ccc(OP(=O)(O)O)cn1.CC(C)C(=O)NCCCC(=O)c1nc2ccccc2nc1OCc1ccc(OP(=O)(O)O)o1. The van der Waals surface area contributed by atoms with Gasteiger partial charge in [-0.25, -0.2) is 29.1 Å². The van der Waals surface area contributed by atoms with Gasteiger partial charge in [0.15, 0.2) is 23.0 Å². The number of hydrogen-bond acceptors (Lipinski definition) is 16. The number of nitrogens with one attached hydrogen (secondary N) is 2. The molecule has 0 fully saturated rings. The smallest absolute Gasteiger partial charge is 0.470 e. The van der Waals surface area contributed by atoms with Crippen molar-refractivity contribution < 1.29 is 70.8 Å². The van der Waals surface area contributed by atoms with Gasteiger partial charge >= 0.3 is 15.6 Å². The van der Waals surface area contributed by atoms with Crippen molar-refractivity contribution in [3.63, 3.8) is 0 Å². The highest BCUT2D eigenvalue weighted by atomic mass is 31.2. The number of Topliss-reactive ketones (excluding diaryl/α,β-unsaturated/α-hetero) is 2. The summed E-state index contributed by atoms with van der Waals surface area (Å²) < 4.78 is 47.3. The number of fused-ring (bicyclic) bond motifs is 2. The Labute approximate surface area is 383 Å². The summed E-state index contributed by atoms with van der Waals surface area (Å²) in [7, 11) is -9.43. The summed E-state index contributed by atoms with van der Waals surface area (Å²) in [5.41, 5.74) is 2.69. The third-order valence-corrected chi connectivity index (χ3v) is 9.86.